The molecule has 1 aromatic carbocycles. The zero-order valence-corrected chi connectivity index (χ0v) is 10.4. The maximum Gasteiger partial charge on any atom is 0.0320 e. The Labute approximate surface area is 98.7 Å². The van der Waals surface area contributed by atoms with Crippen molar-refractivity contribution in [1.29, 1.82) is 0 Å². The van der Waals surface area contributed by atoms with Crippen molar-refractivity contribution >= 4 is 0 Å². The molecule has 0 amide bonds. The third-order valence-electron chi connectivity index (χ3n) is 3.16. The van der Waals surface area contributed by atoms with Crippen LogP contribution in [0.1, 0.15) is 36.4 Å². The molecule has 1 aromatic rings. The van der Waals surface area contributed by atoms with Crippen LogP contribution < -0.4 is 5.32 Å². The van der Waals surface area contributed by atoms with Gasteiger partial charge >= 0.3 is 0 Å². The molecule has 0 aromatic heterocycles. The van der Waals surface area contributed by atoms with Crippen LogP contribution in [-0.4, -0.2) is 25.5 Å². The van der Waals surface area contributed by atoms with E-state index >= 15 is 0 Å². The molecule has 2 rings (SSSR count). The van der Waals surface area contributed by atoms with Crippen LogP contribution in [0.5, 0.6) is 0 Å². The molecule has 0 radical (unpaired) electrons. The monoisotopic (exact) mass is 218 g/mol. The van der Waals surface area contributed by atoms with Crippen LogP contribution in [0.2, 0.25) is 0 Å². The molecule has 88 valence electrons. The van der Waals surface area contributed by atoms with Crippen molar-refractivity contribution in [3.8, 4) is 0 Å². The Morgan fingerprint density at radius 1 is 1.31 bits per heavy atom. The van der Waals surface area contributed by atoms with Crippen molar-refractivity contribution in [2.24, 2.45) is 0 Å². The van der Waals surface area contributed by atoms with E-state index in [1.807, 2.05) is 0 Å². The van der Waals surface area contributed by atoms with Crippen molar-refractivity contribution in [1.82, 2.24) is 10.2 Å². The molecule has 0 saturated carbocycles. The lowest BCUT2D eigenvalue weighted by Crippen LogP contribution is -2.26. The topological polar surface area (TPSA) is 15.3 Å². The largest absolute Gasteiger partial charge is 0.310 e. The summed E-state index contributed by atoms with van der Waals surface area (Å²) in [5, 5.41) is 3.60. The van der Waals surface area contributed by atoms with Gasteiger partial charge in [-0.3, -0.25) is 0 Å². The zero-order chi connectivity index (χ0) is 11.4. The van der Waals surface area contributed by atoms with Crippen molar-refractivity contribution in [3.05, 3.63) is 35.4 Å². The molecule has 16 heavy (non-hydrogen) atoms. The normalized spacial score (nSPS) is 21.3. The van der Waals surface area contributed by atoms with Crippen LogP contribution in [0.15, 0.2) is 24.3 Å². The van der Waals surface area contributed by atoms with E-state index in [4.69, 9.17) is 0 Å². The van der Waals surface area contributed by atoms with E-state index in [1.54, 1.807) is 0 Å². The predicted molar refractivity (Wildman–Crippen MR) is 68.4 cm³/mol. The number of hydrogen-bond acceptors (Lipinski definition) is 2. The first-order chi connectivity index (χ1) is 7.75. The highest BCUT2D eigenvalue weighted by atomic mass is 15.0. The maximum atomic E-state index is 3.60. The summed E-state index contributed by atoms with van der Waals surface area (Å²) in [5.74, 6) is 0. The van der Waals surface area contributed by atoms with Gasteiger partial charge in [0.25, 0.3) is 0 Å². The quantitative estimate of drug-likeness (QED) is 0.839. The third kappa shape index (κ3) is 3.06. The Hall–Kier alpha value is -0.860. The molecule has 2 heteroatoms. The van der Waals surface area contributed by atoms with Crippen molar-refractivity contribution in [2.45, 2.75) is 31.8 Å². The highest BCUT2D eigenvalue weighted by Gasteiger charge is 2.14. The van der Waals surface area contributed by atoms with Crippen LogP contribution in [0.25, 0.3) is 0 Å². The number of rotatable bonds is 3. The smallest absolute Gasteiger partial charge is 0.0320 e. The average Bonchev–Trinajstić information content (AvgIpc) is 2.30. The van der Waals surface area contributed by atoms with Gasteiger partial charge < -0.3 is 10.2 Å². The van der Waals surface area contributed by atoms with E-state index in [9.17, 15) is 0 Å². The lowest BCUT2D eigenvalue weighted by Gasteiger charge is -2.24. The lowest BCUT2D eigenvalue weighted by atomic mass is 9.96. The van der Waals surface area contributed by atoms with E-state index in [1.165, 1.54) is 36.9 Å². The minimum Gasteiger partial charge on any atom is -0.310 e. The Kier molecular flexibility index (Phi) is 3.97. The molecule has 1 aliphatic rings. The van der Waals surface area contributed by atoms with E-state index in [0.717, 1.165) is 6.54 Å². The van der Waals surface area contributed by atoms with Gasteiger partial charge in [-0.1, -0.05) is 30.7 Å². The summed E-state index contributed by atoms with van der Waals surface area (Å²) in [5.41, 5.74) is 2.87. The molecule has 2 nitrogen and oxygen atoms in total. The molecule has 1 unspecified atom stereocenters. The highest BCUT2D eigenvalue weighted by Crippen LogP contribution is 2.23. The van der Waals surface area contributed by atoms with E-state index < -0.39 is 0 Å². The molecule has 1 heterocycles. The number of nitrogens with one attached hydrogen (secondary N) is 1. The molecule has 1 N–H and O–H groups in total. The van der Waals surface area contributed by atoms with Gasteiger partial charge in [-0.15, -0.1) is 0 Å². The van der Waals surface area contributed by atoms with E-state index in [0.29, 0.717) is 6.04 Å². The second-order valence-corrected chi connectivity index (χ2v) is 4.99. The Balaban J connectivity index is 2.08. The van der Waals surface area contributed by atoms with Gasteiger partial charge in [0.2, 0.25) is 0 Å². The minimum atomic E-state index is 0.580. The first-order valence-electron chi connectivity index (χ1n) is 6.22. The number of hydrogen-bond donors (Lipinski definition) is 1. The minimum absolute atomic E-state index is 0.580. The molecule has 0 aliphatic carbocycles. The summed E-state index contributed by atoms with van der Waals surface area (Å²) in [7, 11) is 4.23. The van der Waals surface area contributed by atoms with Crippen LogP contribution >= 0.6 is 0 Å². The fourth-order valence-corrected chi connectivity index (χ4v) is 2.41. The summed E-state index contributed by atoms with van der Waals surface area (Å²) in [6, 6.07) is 9.58. The van der Waals surface area contributed by atoms with E-state index in [2.05, 4.69) is 48.6 Å². The molecule has 1 atom stereocenters. The number of nitrogens with zero attached hydrogens (tertiary/aromatic N) is 1. The zero-order valence-electron chi connectivity index (χ0n) is 10.4. The number of piperidine rings is 1. The van der Waals surface area contributed by atoms with Crippen LogP contribution in [0.3, 0.4) is 0 Å². The maximum absolute atomic E-state index is 3.60. The summed E-state index contributed by atoms with van der Waals surface area (Å²) in [6.45, 7) is 2.20. The molecule has 0 spiro atoms. The molecule has 1 saturated heterocycles. The van der Waals surface area contributed by atoms with Gasteiger partial charge in [0.1, 0.15) is 0 Å². The average molecular weight is 218 g/mol. The molecular formula is C14H22N2. The first-order valence-corrected chi connectivity index (χ1v) is 6.22. The standard InChI is InChI=1S/C14H22N2/c1-16(2)11-12-6-5-7-13(10-12)14-8-3-4-9-15-14/h5-7,10,14-15H,3-4,8-9,11H2,1-2H3. The fourth-order valence-electron chi connectivity index (χ4n) is 2.41. The predicted octanol–water partition coefficient (Wildman–Crippen LogP) is 2.56. The fraction of sp³-hybridized carbons (Fsp3) is 0.571. The second-order valence-electron chi connectivity index (χ2n) is 4.99. The van der Waals surface area contributed by atoms with Crippen molar-refractivity contribution in [3.63, 3.8) is 0 Å². The Morgan fingerprint density at radius 2 is 2.19 bits per heavy atom. The molecule has 1 fully saturated rings. The SMILES string of the molecule is CN(C)Cc1cccc(C2CCCCN2)c1. The van der Waals surface area contributed by atoms with Crippen molar-refractivity contribution in [2.75, 3.05) is 20.6 Å². The lowest BCUT2D eigenvalue weighted by molar-refractivity contribution is 0.398. The van der Waals surface area contributed by atoms with Gasteiger partial charge in [-0.2, -0.15) is 0 Å². The number of benzene rings is 1. The van der Waals surface area contributed by atoms with Gasteiger partial charge in [0, 0.05) is 12.6 Å². The summed E-state index contributed by atoms with van der Waals surface area (Å²) < 4.78 is 0. The first kappa shape index (κ1) is 11.6. The summed E-state index contributed by atoms with van der Waals surface area (Å²) in [4.78, 5) is 2.22. The summed E-state index contributed by atoms with van der Waals surface area (Å²) in [6.07, 6.45) is 3.97. The third-order valence-corrected chi connectivity index (χ3v) is 3.16. The van der Waals surface area contributed by atoms with E-state index in [-0.39, 0.29) is 0 Å². The Morgan fingerprint density at radius 3 is 2.88 bits per heavy atom. The van der Waals surface area contributed by atoms with Gasteiger partial charge in [-0.05, 0) is 44.6 Å². The molecule has 0 bridgehead atoms. The summed E-state index contributed by atoms with van der Waals surface area (Å²) >= 11 is 0. The van der Waals surface area contributed by atoms with Crippen LogP contribution in [-0.2, 0) is 6.54 Å². The van der Waals surface area contributed by atoms with Crippen LogP contribution in [0.4, 0.5) is 0 Å². The highest BCUT2D eigenvalue weighted by molar-refractivity contribution is 5.26. The van der Waals surface area contributed by atoms with Gasteiger partial charge in [-0.25, -0.2) is 0 Å². The van der Waals surface area contributed by atoms with Crippen LogP contribution in [0, 0.1) is 0 Å². The second kappa shape index (κ2) is 5.46. The Bertz CT molecular complexity index is 327. The van der Waals surface area contributed by atoms with Gasteiger partial charge in [0.05, 0.1) is 0 Å². The van der Waals surface area contributed by atoms with Crippen molar-refractivity contribution < 1.29 is 0 Å². The molecular weight excluding hydrogens is 196 g/mol. The van der Waals surface area contributed by atoms with Gasteiger partial charge in [0.15, 0.2) is 0 Å². The molecule has 1 aliphatic heterocycles.